The minimum atomic E-state index is -0.0474. The van der Waals surface area contributed by atoms with Crippen LogP contribution in [0.25, 0.3) is 22.2 Å². The quantitative estimate of drug-likeness (QED) is 0.433. The lowest BCUT2D eigenvalue weighted by Crippen LogP contribution is -2.14. The molecule has 0 saturated carbocycles. The Labute approximate surface area is 183 Å². The van der Waals surface area contributed by atoms with E-state index in [-0.39, 0.29) is 11.7 Å². The van der Waals surface area contributed by atoms with E-state index in [9.17, 15) is 4.79 Å². The van der Waals surface area contributed by atoms with E-state index in [1.54, 1.807) is 0 Å². The Morgan fingerprint density at radius 3 is 2.90 bits per heavy atom. The van der Waals surface area contributed by atoms with Crippen LogP contribution in [0.4, 0.5) is 5.69 Å². The number of rotatable bonds is 5. The molecule has 5 nitrogen and oxygen atoms in total. The van der Waals surface area contributed by atoms with Gasteiger partial charge >= 0.3 is 0 Å². The highest BCUT2D eigenvalue weighted by Crippen LogP contribution is 2.36. The predicted octanol–water partition coefficient (Wildman–Crippen LogP) is 5.31. The number of nitrogens with one attached hydrogen (secondary N) is 1. The Kier molecular flexibility index (Phi) is 5.31. The number of aromatic nitrogens is 3. The summed E-state index contributed by atoms with van der Waals surface area (Å²) in [5.74, 6) is 1.14. The molecule has 0 radical (unpaired) electrons. The van der Waals surface area contributed by atoms with E-state index in [2.05, 4.69) is 20.9 Å². The summed E-state index contributed by atoms with van der Waals surface area (Å²) in [5, 5.41) is 16.9. The fraction of sp³-hybridized carbons (Fsp3) is 0.261. The van der Waals surface area contributed by atoms with E-state index in [4.69, 9.17) is 0 Å². The topological polar surface area (TPSA) is 59.8 Å². The maximum Gasteiger partial charge on any atom is 0.234 e. The first-order chi connectivity index (χ1) is 14.7. The number of hydrogen-bond donors (Lipinski definition) is 1. The number of carbonyl (C=O) groups excluding carboxylic acids is 1. The normalized spacial score (nSPS) is 13.4. The summed E-state index contributed by atoms with van der Waals surface area (Å²) in [6.07, 6.45) is 4.81. The number of fused-ring (bicyclic) bond motifs is 2. The van der Waals surface area contributed by atoms with Crippen molar-refractivity contribution in [2.24, 2.45) is 7.05 Å². The number of anilines is 1. The molecule has 1 amide bonds. The van der Waals surface area contributed by atoms with Gasteiger partial charge in [-0.2, -0.15) is 0 Å². The highest BCUT2D eigenvalue weighted by Gasteiger charge is 2.21. The second kappa shape index (κ2) is 8.24. The van der Waals surface area contributed by atoms with Crippen LogP contribution >= 0.6 is 23.1 Å². The van der Waals surface area contributed by atoms with Crippen molar-refractivity contribution in [3.8, 4) is 11.4 Å². The third-order valence-corrected chi connectivity index (χ3v) is 7.64. The summed E-state index contributed by atoms with van der Waals surface area (Å²) in [6, 6.07) is 14.0. The van der Waals surface area contributed by atoms with Gasteiger partial charge in [0.25, 0.3) is 0 Å². The van der Waals surface area contributed by atoms with E-state index in [0.29, 0.717) is 0 Å². The van der Waals surface area contributed by atoms with Gasteiger partial charge in [0.15, 0.2) is 11.0 Å². The number of thioether (sulfide) groups is 1. The summed E-state index contributed by atoms with van der Waals surface area (Å²) in [5.41, 5.74) is 3.48. The van der Waals surface area contributed by atoms with Gasteiger partial charge < -0.3 is 9.88 Å². The molecular weight excluding hydrogens is 412 g/mol. The lowest BCUT2D eigenvalue weighted by Gasteiger charge is -2.12. The summed E-state index contributed by atoms with van der Waals surface area (Å²) < 4.78 is 2.01. The van der Waals surface area contributed by atoms with Gasteiger partial charge in [0.2, 0.25) is 5.91 Å². The van der Waals surface area contributed by atoms with Crippen molar-refractivity contribution in [2.45, 2.75) is 30.8 Å². The van der Waals surface area contributed by atoms with E-state index < -0.39 is 0 Å². The van der Waals surface area contributed by atoms with Crippen molar-refractivity contribution in [3.05, 3.63) is 58.3 Å². The van der Waals surface area contributed by atoms with Crippen LogP contribution in [0.15, 0.2) is 53.0 Å². The molecule has 0 bridgehead atoms. The van der Waals surface area contributed by atoms with Crippen molar-refractivity contribution in [2.75, 3.05) is 11.1 Å². The van der Waals surface area contributed by atoms with E-state index in [1.165, 1.54) is 47.0 Å². The maximum absolute atomic E-state index is 12.6. The first-order valence-electron chi connectivity index (χ1n) is 10.1. The number of nitrogens with zero attached hydrogens (tertiary/aromatic N) is 3. The Morgan fingerprint density at radius 1 is 1.13 bits per heavy atom. The fourth-order valence-corrected chi connectivity index (χ4v) is 5.84. The molecular formula is C23H22N4OS2. The van der Waals surface area contributed by atoms with Crippen molar-refractivity contribution < 1.29 is 4.79 Å². The molecule has 2 heterocycles. The average molecular weight is 435 g/mol. The third-order valence-electron chi connectivity index (χ3n) is 5.53. The van der Waals surface area contributed by atoms with Crippen LogP contribution in [0, 0.1) is 0 Å². The lowest BCUT2D eigenvalue weighted by atomic mass is 9.96. The molecule has 5 rings (SSSR count). The number of carbonyl (C=O) groups is 1. The minimum Gasteiger partial charge on any atom is -0.325 e. The molecule has 30 heavy (non-hydrogen) atoms. The van der Waals surface area contributed by atoms with E-state index >= 15 is 0 Å². The Bertz CT molecular complexity index is 1220. The number of hydrogen-bond acceptors (Lipinski definition) is 5. The summed E-state index contributed by atoms with van der Waals surface area (Å²) in [7, 11) is 1.98. The van der Waals surface area contributed by atoms with Gasteiger partial charge in [-0.25, -0.2) is 0 Å². The van der Waals surface area contributed by atoms with Crippen LogP contribution in [0.5, 0.6) is 0 Å². The molecule has 2 aromatic carbocycles. The van der Waals surface area contributed by atoms with Crippen molar-refractivity contribution in [1.29, 1.82) is 0 Å². The SMILES string of the molecule is Cn1c(SCC(=O)Nc2cccc3ccccc23)nnc1-c1csc2c1CCCC2. The number of amides is 1. The molecule has 152 valence electrons. The van der Waals surface area contributed by atoms with Crippen molar-refractivity contribution >= 4 is 45.5 Å². The molecule has 1 aliphatic rings. The van der Waals surface area contributed by atoms with Gasteiger partial charge in [-0.15, -0.1) is 21.5 Å². The Hall–Kier alpha value is -2.64. The zero-order chi connectivity index (χ0) is 20.5. The van der Waals surface area contributed by atoms with E-state index in [1.807, 2.05) is 65.4 Å². The molecule has 0 fully saturated rings. The Morgan fingerprint density at radius 2 is 1.97 bits per heavy atom. The number of thiophene rings is 1. The maximum atomic E-state index is 12.6. The second-order valence-corrected chi connectivity index (χ2v) is 9.39. The minimum absolute atomic E-state index is 0.0474. The zero-order valence-corrected chi connectivity index (χ0v) is 18.4. The summed E-state index contributed by atoms with van der Waals surface area (Å²) in [4.78, 5) is 14.1. The van der Waals surface area contributed by atoms with Crippen LogP contribution in [-0.4, -0.2) is 26.4 Å². The molecule has 0 unspecified atom stereocenters. The predicted molar refractivity (Wildman–Crippen MR) is 124 cm³/mol. The average Bonchev–Trinajstić information content (AvgIpc) is 3.35. The van der Waals surface area contributed by atoms with Gasteiger partial charge in [-0.05, 0) is 42.7 Å². The molecule has 1 N–H and O–H groups in total. The van der Waals surface area contributed by atoms with Crippen molar-refractivity contribution in [3.63, 3.8) is 0 Å². The van der Waals surface area contributed by atoms with Gasteiger partial charge in [-0.1, -0.05) is 48.2 Å². The molecule has 0 spiro atoms. The van der Waals surface area contributed by atoms with Crippen LogP contribution in [0.2, 0.25) is 0 Å². The van der Waals surface area contributed by atoms with Gasteiger partial charge in [0, 0.05) is 33.9 Å². The summed E-state index contributed by atoms with van der Waals surface area (Å²) in [6.45, 7) is 0. The molecule has 1 aliphatic carbocycles. The molecule has 0 atom stereocenters. The third kappa shape index (κ3) is 3.63. The highest BCUT2D eigenvalue weighted by molar-refractivity contribution is 7.99. The summed E-state index contributed by atoms with van der Waals surface area (Å²) >= 11 is 3.25. The highest BCUT2D eigenvalue weighted by atomic mass is 32.2. The molecule has 2 aromatic heterocycles. The van der Waals surface area contributed by atoms with Crippen LogP contribution in [-0.2, 0) is 24.7 Å². The fourth-order valence-electron chi connectivity index (χ4n) is 4.01. The van der Waals surface area contributed by atoms with Crippen LogP contribution in [0.3, 0.4) is 0 Å². The smallest absolute Gasteiger partial charge is 0.234 e. The molecule has 0 saturated heterocycles. The number of benzene rings is 2. The van der Waals surface area contributed by atoms with Gasteiger partial charge in [0.05, 0.1) is 5.75 Å². The zero-order valence-electron chi connectivity index (χ0n) is 16.7. The van der Waals surface area contributed by atoms with Crippen molar-refractivity contribution in [1.82, 2.24) is 14.8 Å². The van der Waals surface area contributed by atoms with Crippen LogP contribution < -0.4 is 5.32 Å². The largest absolute Gasteiger partial charge is 0.325 e. The van der Waals surface area contributed by atoms with Gasteiger partial charge in [0.1, 0.15) is 0 Å². The Balaban J connectivity index is 1.29. The second-order valence-electron chi connectivity index (χ2n) is 7.49. The first-order valence-corrected chi connectivity index (χ1v) is 12.0. The van der Waals surface area contributed by atoms with Crippen LogP contribution in [0.1, 0.15) is 23.3 Å². The van der Waals surface area contributed by atoms with Gasteiger partial charge in [-0.3, -0.25) is 4.79 Å². The molecule has 0 aliphatic heterocycles. The monoisotopic (exact) mass is 434 g/mol. The molecule has 4 aromatic rings. The molecule has 7 heteroatoms. The first kappa shape index (κ1) is 19.3. The standard InChI is InChI=1S/C23H22N4OS2/c1-27-22(18-13-29-20-12-5-4-10-17(18)20)25-26-23(27)30-14-21(28)24-19-11-6-8-15-7-2-3-9-16(15)19/h2-3,6-9,11,13H,4-5,10,12,14H2,1H3,(H,24,28). The van der Waals surface area contributed by atoms with E-state index in [0.717, 1.165) is 33.9 Å². The number of aryl methyl sites for hydroxylation is 1. The lowest BCUT2D eigenvalue weighted by molar-refractivity contribution is -0.113.